The molecule has 0 spiro atoms. The van der Waals surface area contributed by atoms with Crippen molar-refractivity contribution >= 4 is 15.9 Å². The molecule has 0 saturated carbocycles. The van der Waals surface area contributed by atoms with E-state index in [9.17, 15) is 0 Å². The minimum Gasteiger partial charge on any atom is -0.496 e. The van der Waals surface area contributed by atoms with Crippen molar-refractivity contribution < 1.29 is 9.47 Å². The van der Waals surface area contributed by atoms with E-state index >= 15 is 0 Å². The summed E-state index contributed by atoms with van der Waals surface area (Å²) < 4.78 is 11.7. The standard InChI is InChI=1S/C13H21BrN2O2/c1-9(17-2)6-12(16-15)8-10-7-11(14)4-5-13(10)18-3/h4-5,7,9,12,16H,6,8,15H2,1-3H3. The number of methoxy groups -OCH3 is 2. The number of hydrogen-bond acceptors (Lipinski definition) is 4. The van der Waals surface area contributed by atoms with Crippen LogP contribution >= 0.6 is 15.9 Å². The van der Waals surface area contributed by atoms with E-state index in [1.807, 2.05) is 19.1 Å². The van der Waals surface area contributed by atoms with Crippen molar-refractivity contribution in [3.63, 3.8) is 0 Å². The van der Waals surface area contributed by atoms with Crippen LogP contribution in [0.25, 0.3) is 0 Å². The molecule has 2 unspecified atom stereocenters. The number of nitrogens with two attached hydrogens (primary N) is 1. The van der Waals surface area contributed by atoms with Crippen molar-refractivity contribution in [3.8, 4) is 5.75 Å². The number of rotatable bonds is 7. The van der Waals surface area contributed by atoms with Crippen molar-refractivity contribution in [1.29, 1.82) is 0 Å². The highest BCUT2D eigenvalue weighted by Crippen LogP contribution is 2.24. The molecule has 1 aromatic carbocycles. The largest absolute Gasteiger partial charge is 0.496 e. The van der Waals surface area contributed by atoms with Crippen molar-refractivity contribution in [3.05, 3.63) is 28.2 Å². The average Bonchev–Trinajstić information content (AvgIpc) is 2.38. The van der Waals surface area contributed by atoms with Crippen molar-refractivity contribution in [2.24, 2.45) is 5.84 Å². The van der Waals surface area contributed by atoms with Gasteiger partial charge < -0.3 is 9.47 Å². The van der Waals surface area contributed by atoms with E-state index in [2.05, 4.69) is 27.4 Å². The average molecular weight is 317 g/mol. The number of nitrogens with one attached hydrogen (secondary N) is 1. The summed E-state index contributed by atoms with van der Waals surface area (Å²) in [6, 6.07) is 6.13. The lowest BCUT2D eigenvalue weighted by Gasteiger charge is -2.20. The molecule has 4 nitrogen and oxygen atoms in total. The number of benzene rings is 1. The molecule has 0 aliphatic carbocycles. The molecule has 102 valence electrons. The highest BCUT2D eigenvalue weighted by molar-refractivity contribution is 9.10. The number of hydrazine groups is 1. The van der Waals surface area contributed by atoms with E-state index in [4.69, 9.17) is 15.3 Å². The molecule has 0 fully saturated rings. The van der Waals surface area contributed by atoms with Gasteiger partial charge in [-0.3, -0.25) is 11.3 Å². The van der Waals surface area contributed by atoms with Crippen LogP contribution in [0.4, 0.5) is 0 Å². The van der Waals surface area contributed by atoms with Crippen LogP contribution in [-0.4, -0.2) is 26.4 Å². The maximum Gasteiger partial charge on any atom is 0.122 e. The Labute approximate surface area is 117 Å². The van der Waals surface area contributed by atoms with E-state index in [1.54, 1.807) is 14.2 Å². The second-order valence-corrected chi connectivity index (χ2v) is 5.22. The Morgan fingerprint density at radius 2 is 2.11 bits per heavy atom. The highest BCUT2D eigenvalue weighted by atomic mass is 79.9. The Bertz CT molecular complexity index is 374. The summed E-state index contributed by atoms with van der Waals surface area (Å²) >= 11 is 3.47. The van der Waals surface area contributed by atoms with Gasteiger partial charge in [-0.15, -0.1) is 0 Å². The van der Waals surface area contributed by atoms with E-state index < -0.39 is 0 Å². The lowest BCUT2D eigenvalue weighted by Crippen LogP contribution is -2.39. The molecule has 1 rings (SSSR count). The summed E-state index contributed by atoms with van der Waals surface area (Å²) in [6.45, 7) is 2.03. The summed E-state index contributed by atoms with van der Waals surface area (Å²) in [5.41, 5.74) is 3.96. The van der Waals surface area contributed by atoms with Crippen LogP contribution in [0.5, 0.6) is 5.75 Å². The van der Waals surface area contributed by atoms with E-state index in [1.165, 1.54) is 0 Å². The minimum atomic E-state index is 0.156. The summed E-state index contributed by atoms with van der Waals surface area (Å²) in [6.07, 6.45) is 1.82. The Morgan fingerprint density at radius 1 is 1.39 bits per heavy atom. The van der Waals surface area contributed by atoms with E-state index in [0.717, 1.165) is 28.6 Å². The van der Waals surface area contributed by atoms with Crippen LogP contribution < -0.4 is 16.0 Å². The van der Waals surface area contributed by atoms with Crippen LogP contribution in [0.1, 0.15) is 18.9 Å². The summed E-state index contributed by atoms with van der Waals surface area (Å²) in [5.74, 6) is 6.47. The predicted molar refractivity (Wildman–Crippen MR) is 76.6 cm³/mol. The fraction of sp³-hybridized carbons (Fsp3) is 0.538. The Kier molecular flexibility index (Phi) is 6.63. The second-order valence-electron chi connectivity index (χ2n) is 4.31. The van der Waals surface area contributed by atoms with Crippen LogP contribution in [0.2, 0.25) is 0 Å². The molecule has 0 aromatic heterocycles. The molecule has 0 bridgehead atoms. The van der Waals surface area contributed by atoms with Gasteiger partial charge in [0.05, 0.1) is 13.2 Å². The first-order valence-corrected chi connectivity index (χ1v) is 6.71. The first-order chi connectivity index (χ1) is 8.60. The van der Waals surface area contributed by atoms with Crippen LogP contribution in [0, 0.1) is 0 Å². The molecule has 18 heavy (non-hydrogen) atoms. The zero-order valence-corrected chi connectivity index (χ0v) is 12.7. The molecular weight excluding hydrogens is 296 g/mol. The summed E-state index contributed by atoms with van der Waals surface area (Å²) in [5, 5.41) is 0. The molecule has 0 radical (unpaired) electrons. The van der Waals surface area contributed by atoms with Crippen molar-refractivity contribution in [2.45, 2.75) is 31.9 Å². The topological polar surface area (TPSA) is 56.5 Å². The molecule has 0 aliphatic rings. The Hall–Kier alpha value is -0.620. The number of hydrogen-bond donors (Lipinski definition) is 2. The molecule has 0 heterocycles. The molecule has 1 aromatic rings. The lowest BCUT2D eigenvalue weighted by molar-refractivity contribution is 0.100. The third-order valence-electron chi connectivity index (χ3n) is 2.96. The normalized spacial score (nSPS) is 14.3. The van der Waals surface area contributed by atoms with Gasteiger partial charge in [-0.1, -0.05) is 15.9 Å². The first kappa shape index (κ1) is 15.4. The Balaban J connectivity index is 2.77. The minimum absolute atomic E-state index is 0.156. The monoisotopic (exact) mass is 316 g/mol. The number of ether oxygens (including phenoxy) is 2. The van der Waals surface area contributed by atoms with Gasteiger partial charge in [-0.05, 0) is 43.5 Å². The van der Waals surface area contributed by atoms with E-state index in [0.29, 0.717) is 0 Å². The fourth-order valence-electron chi connectivity index (χ4n) is 1.88. The van der Waals surface area contributed by atoms with Crippen molar-refractivity contribution in [2.75, 3.05) is 14.2 Å². The lowest BCUT2D eigenvalue weighted by atomic mass is 10.0. The van der Waals surface area contributed by atoms with Gasteiger partial charge in [0.25, 0.3) is 0 Å². The third kappa shape index (κ3) is 4.57. The molecule has 2 atom stereocenters. The van der Waals surface area contributed by atoms with Crippen LogP contribution in [-0.2, 0) is 11.2 Å². The predicted octanol–water partition coefficient (Wildman–Crippen LogP) is 2.26. The van der Waals surface area contributed by atoms with Gasteiger partial charge in [0.2, 0.25) is 0 Å². The molecule has 0 aliphatic heterocycles. The maximum absolute atomic E-state index is 5.60. The van der Waals surface area contributed by atoms with Gasteiger partial charge in [-0.25, -0.2) is 0 Å². The highest BCUT2D eigenvalue weighted by Gasteiger charge is 2.15. The molecular formula is C13H21BrN2O2. The van der Waals surface area contributed by atoms with Gasteiger partial charge in [-0.2, -0.15) is 0 Å². The third-order valence-corrected chi connectivity index (χ3v) is 3.46. The molecule has 3 N–H and O–H groups in total. The van der Waals surface area contributed by atoms with Crippen LogP contribution in [0.3, 0.4) is 0 Å². The first-order valence-electron chi connectivity index (χ1n) is 5.92. The molecule has 5 heteroatoms. The quantitative estimate of drug-likeness (QED) is 0.598. The zero-order valence-electron chi connectivity index (χ0n) is 11.1. The number of halogens is 1. The molecule has 0 amide bonds. The summed E-state index contributed by atoms with van der Waals surface area (Å²) in [4.78, 5) is 0. The van der Waals surface area contributed by atoms with Gasteiger partial charge in [0, 0.05) is 17.6 Å². The second kappa shape index (κ2) is 7.74. The van der Waals surface area contributed by atoms with Gasteiger partial charge >= 0.3 is 0 Å². The Morgan fingerprint density at radius 3 is 2.67 bits per heavy atom. The molecule has 0 saturated heterocycles. The van der Waals surface area contributed by atoms with E-state index in [-0.39, 0.29) is 12.1 Å². The summed E-state index contributed by atoms with van der Waals surface area (Å²) in [7, 11) is 3.38. The zero-order chi connectivity index (χ0) is 13.5. The van der Waals surface area contributed by atoms with Gasteiger partial charge in [0.1, 0.15) is 5.75 Å². The fourth-order valence-corrected chi connectivity index (χ4v) is 2.29. The van der Waals surface area contributed by atoms with Gasteiger partial charge in [0.15, 0.2) is 0 Å². The SMILES string of the molecule is COc1ccc(Br)cc1CC(CC(C)OC)NN. The maximum atomic E-state index is 5.60. The van der Waals surface area contributed by atoms with Crippen molar-refractivity contribution in [1.82, 2.24) is 5.43 Å². The smallest absolute Gasteiger partial charge is 0.122 e. The van der Waals surface area contributed by atoms with Crippen LogP contribution in [0.15, 0.2) is 22.7 Å².